The lowest BCUT2D eigenvalue weighted by atomic mass is 10.1. The normalized spacial score (nSPS) is 15.3. The molecular formula is C19H17N5O2S. The number of nitrogens with one attached hydrogen (secondary N) is 1. The van der Waals surface area contributed by atoms with Crippen molar-refractivity contribution in [1.29, 1.82) is 0 Å². The summed E-state index contributed by atoms with van der Waals surface area (Å²) in [6.07, 6.45) is 3.62. The fourth-order valence-electron chi connectivity index (χ4n) is 3.45. The van der Waals surface area contributed by atoms with E-state index in [9.17, 15) is 4.79 Å². The Morgan fingerprint density at radius 1 is 1.22 bits per heavy atom. The minimum absolute atomic E-state index is 0.643. The molecule has 1 saturated heterocycles. The van der Waals surface area contributed by atoms with Crippen LogP contribution in [0.1, 0.15) is 16.1 Å². The first-order valence-corrected chi connectivity index (χ1v) is 9.67. The van der Waals surface area contributed by atoms with Crippen LogP contribution < -0.4 is 4.90 Å². The molecule has 1 aliphatic rings. The van der Waals surface area contributed by atoms with Crippen molar-refractivity contribution < 1.29 is 9.53 Å². The van der Waals surface area contributed by atoms with E-state index in [0.29, 0.717) is 17.3 Å². The maximum absolute atomic E-state index is 11.3. The number of fused-ring (bicyclic) bond motifs is 2. The fraction of sp³-hybridized carbons (Fsp3) is 0.263. The zero-order valence-electron chi connectivity index (χ0n) is 14.5. The number of anilines is 1. The largest absolute Gasteiger partial charge is 0.380 e. The summed E-state index contributed by atoms with van der Waals surface area (Å²) in [5, 5.41) is 8.11. The van der Waals surface area contributed by atoms with Gasteiger partial charge in [0.1, 0.15) is 0 Å². The van der Waals surface area contributed by atoms with Gasteiger partial charge in [-0.15, -0.1) is 11.3 Å². The molecule has 3 aromatic heterocycles. The van der Waals surface area contributed by atoms with Crippen LogP contribution in [0.2, 0.25) is 0 Å². The molecule has 0 unspecified atom stereocenters. The zero-order chi connectivity index (χ0) is 18.2. The van der Waals surface area contributed by atoms with Gasteiger partial charge in [-0.05, 0) is 18.6 Å². The summed E-state index contributed by atoms with van der Waals surface area (Å²) in [5.74, 6) is 1.52. The highest BCUT2D eigenvalue weighted by molar-refractivity contribution is 7.21. The van der Waals surface area contributed by atoms with Crippen LogP contribution >= 0.6 is 11.3 Å². The first-order valence-electron chi connectivity index (χ1n) is 8.85. The summed E-state index contributed by atoms with van der Waals surface area (Å²) in [4.78, 5) is 23.9. The molecule has 0 bridgehead atoms. The van der Waals surface area contributed by atoms with Crippen LogP contribution in [0.25, 0.3) is 32.5 Å². The molecule has 0 spiro atoms. The Labute approximate surface area is 159 Å². The predicted molar refractivity (Wildman–Crippen MR) is 106 cm³/mol. The standard InChI is InChI=1S/C19H17N5O2S/c25-11-12-9-16-17(27-12)19(24-5-2-7-26-8-6-24)22-18(21-16)13-3-1-4-15-14(13)10-20-23-15/h1,3-4,9-11H,2,5-8H2,(H,20,23). The van der Waals surface area contributed by atoms with E-state index < -0.39 is 0 Å². The van der Waals surface area contributed by atoms with Crippen LogP contribution in [-0.2, 0) is 4.74 Å². The Morgan fingerprint density at radius 3 is 3.11 bits per heavy atom. The molecule has 7 nitrogen and oxygen atoms in total. The molecule has 0 aliphatic carbocycles. The van der Waals surface area contributed by atoms with Crippen molar-refractivity contribution in [1.82, 2.24) is 20.2 Å². The van der Waals surface area contributed by atoms with Crippen molar-refractivity contribution in [2.75, 3.05) is 31.2 Å². The van der Waals surface area contributed by atoms with Gasteiger partial charge < -0.3 is 9.64 Å². The maximum atomic E-state index is 11.3. The number of carbonyl (C=O) groups is 1. The summed E-state index contributed by atoms with van der Waals surface area (Å²) < 4.78 is 6.54. The van der Waals surface area contributed by atoms with Crippen molar-refractivity contribution in [3.8, 4) is 11.4 Å². The smallest absolute Gasteiger partial charge is 0.162 e. The molecule has 1 N–H and O–H groups in total. The van der Waals surface area contributed by atoms with Gasteiger partial charge in [-0.2, -0.15) is 5.10 Å². The van der Waals surface area contributed by atoms with Crippen LogP contribution in [0.3, 0.4) is 0 Å². The quantitative estimate of drug-likeness (QED) is 0.550. The van der Waals surface area contributed by atoms with Crippen LogP contribution in [0.5, 0.6) is 0 Å². The molecule has 5 rings (SSSR count). The van der Waals surface area contributed by atoms with Gasteiger partial charge in [0.25, 0.3) is 0 Å². The van der Waals surface area contributed by atoms with Gasteiger partial charge in [0, 0.05) is 30.6 Å². The lowest BCUT2D eigenvalue weighted by Gasteiger charge is -2.21. The van der Waals surface area contributed by atoms with E-state index in [1.54, 1.807) is 6.20 Å². The van der Waals surface area contributed by atoms with E-state index in [1.807, 2.05) is 24.3 Å². The van der Waals surface area contributed by atoms with Gasteiger partial charge in [-0.1, -0.05) is 12.1 Å². The average molecular weight is 379 g/mol. The van der Waals surface area contributed by atoms with Crippen LogP contribution in [0.4, 0.5) is 5.82 Å². The molecule has 136 valence electrons. The summed E-state index contributed by atoms with van der Waals surface area (Å²) >= 11 is 1.44. The number of hydrogen-bond donors (Lipinski definition) is 1. The molecule has 1 fully saturated rings. The molecule has 8 heteroatoms. The van der Waals surface area contributed by atoms with E-state index in [2.05, 4.69) is 15.1 Å². The summed E-state index contributed by atoms with van der Waals surface area (Å²) in [5.41, 5.74) is 2.67. The van der Waals surface area contributed by atoms with Crippen molar-refractivity contribution in [3.05, 3.63) is 35.3 Å². The van der Waals surface area contributed by atoms with E-state index in [4.69, 9.17) is 14.7 Å². The van der Waals surface area contributed by atoms with Crippen LogP contribution in [-0.4, -0.2) is 52.8 Å². The second-order valence-electron chi connectivity index (χ2n) is 6.44. The number of aromatic amines is 1. The highest BCUT2D eigenvalue weighted by atomic mass is 32.1. The van der Waals surface area contributed by atoms with E-state index >= 15 is 0 Å². The molecule has 1 aromatic carbocycles. The van der Waals surface area contributed by atoms with Gasteiger partial charge in [-0.3, -0.25) is 9.89 Å². The molecule has 4 heterocycles. The van der Waals surface area contributed by atoms with Gasteiger partial charge in [0.15, 0.2) is 17.9 Å². The second kappa shape index (κ2) is 6.71. The maximum Gasteiger partial charge on any atom is 0.162 e. The molecule has 0 amide bonds. The minimum Gasteiger partial charge on any atom is -0.380 e. The third kappa shape index (κ3) is 2.87. The molecule has 0 saturated carbocycles. The van der Waals surface area contributed by atoms with E-state index in [0.717, 1.165) is 64.9 Å². The third-order valence-electron chi connectivity index (χ3n) is 4.74. The fourth-order valence-corrected chi connectivity index (χ4v) is 4.38. The number of hydrogen-bond acceptors (Lipinski definition) is 7. The van der Waals surface area contributed by atoms with Gasteiger partial charge in [-0.25, -0.2) is 9.97 Å². The number of aldehydes is 1. The van der Waals surface area contributed by atoms with E-state index in [-0.39, 0.29) is 0 Å². The Kier molecular flexibility index (Phi) is 4.06. The Bertz CT molecular complexity index is 1130. The SMILES string of the molecule is O=Cc1cc2nc(-c3cccc4[nH]ncc34)nc(N3CCCOCC3)c2s1. The van der Waals surface area contributed by atoms with Crippen molar-refractivity contribution >= 4 is 44.6 Å². The number of benzene rings is 1. The molecule has 1 aliphatic heterocycles. The van der Waals surface area contributed by atoms with Crippen molar-refractivity contribution in [2.24, 2.45) is 0 Å². The number of H-pyrrole nitrogens is 1. The monoisotopic (exact) mass is 379 g/mol. The summed E-state index contributed by atoms with van der Waals surface area (Å²) in [6.45, 7) is 3.07. The van der Waals surface area contributed by atoms with Crippen molar-refractivity contribution in [2.45, 2.75) is 6.42 Å². The molecule has 0 atom stereocenters. The van der Waals surface area contributed by atoms with Gasteiger partial charge >= 0.3 is 0 Å². The molecule has 27 heavy (non-hydrogen) atoms. The summed E-state index contributed by atoms with van der Waals surface area (Å²) in [7, 11) is 0. The first kappa shape index (κ1) is 16.3. The van der Waals surface area contributed by atoms with Crippen LogP contribution in [0.15, 0.2) is 30.5 Å². The number of rotatable bonds is 3. The Hall–Kier alpha value is -2.84. The third-order valence-corrected chi connectivity index (χ3v) is 5.78. The first-order chi connectivity index (χ1) is 13.3. The number of aromatic nitrogens is 4. The Morgan fingerprint density at radius 2 is 2.19 bits per heavy atom. The number of thiophene rings is 1. The highest BCUT2D eigenvalue weighted by Gasteiger charge is 2.20. The minimum atomic E-state index is 0.643. The summed E-state index contributed by atoms with van der Waals surface area (Å²) in [6, 6.07) is 7.78. The Balaban J connectivity index is 1.73. The zero-order valence-corrected chi connectivity index (χ0v) is 15.3. The molecule has 4 aromatic rings. The van der Waals surface area contributed by atoms with E-state index in [1.165, 1.54) is 11.3 Å². The predicted octanol–water partition coefficient (Wildman–Crippen LogP) is 3.27. The van der Waals surface area contributed by atoms with Crippen molar-refractivity contribution in [3.63, 3.8) is 0 Å². The van der Waals surface area contributed by atoms with Gasteiger partial charge in [0.2, 0.25) is 0 Å². The van der Waals surface area contributed by atoms with Gasteiger partial charge in [0.05, 0.1) is 33.4 Å². The molecule has 0 radical (unpaired) electrons. The lowest BCUT2D eigenvalue weighted by Crippen LogP contribution is -2.27. The lowest BCUT2D eigenvalue weighted by molar-refractivity contribution is 0.112. The second-order valence-corrected chi connectivity index (χ2v) is 7.53. The average Bonchev–Trinajstić information content (AvgIpc) is 3.26. The number of ether oxygens (including phenoxy) is 1. The van der Waals surface area contributed by atoms with Crippen LogP contribution in [0, 0.1) is 0 Å². The number of nitrogens with zero attached hydrogens (tertiary/aromatic N) is 4. The molecular weight excluding hydrogens is 362 g/mol. The topological polar surface area (TPSA) is 84.0 Å². The number of carbonyl (C=O) groups excluding carboxylic acids is 1. The highest BCUT2D eigenvalue weighted by Crippen LogP contribution is 2.35.